The third kappa shape index (κ3) is 4.05. The zero-order valence-electron chi connectivity index (χ0n) is 16.5. The summed E-state index contributed by atoms with van der Waals surface area (Å²) in [4.78, 5) is 14.7. The predicted octanol–water partition coefficient (Wildman–Crippen LogP) is 3.39. The molecule has 0 unspecified atom stereocenters. The molecule has 7 heteroatoms. The fourth-order valence-corrected chi connectivity index (χ4v) is 4.84. The number of methoxy groups -OCH3 is 1. The topological polar surface area (TPSA) is 66.9 Å². The van der Waals surface area contributed by atoms with E-state index in [0.29, 0.717) is 30.4 Å². The summed E-state index contributed by atoms with van der Waals surface area (Å²) < 4.78 is 33.0. The quantitative estimate of drug-likeness (QED) is 0.769. The number of amides is 1. The molecule has 150 valence electrons. The number of hydrogen-bond acceptors (Lipinski definition) is 4. The predicted molar refractivity (Wildman–Crippen MR) is 109 cm³/mol. The van der Waals surface area contributed by atoms with Crippen molar-refractivity contribution in [3.63, 3.8) is 0 Å². The van der Waals surface area contributed by atoms with Crippen molar-refractivity contribution in [2.75, 3.05) is 32.1 Å². The van der Waals surface area contributed by atoms with Crippen LogP contribution in [0.4, 0.5) is 5.69 Å². The van der Waals surface area contributed by atoms with Gasteiger partial charge in [-0.05, 0) is 49.1 Å². The van der Waals surface area contributed by atoms with E-state index in [4.69, 9.17) is 4.74 Å². The van der Waals surface area contributed by atoms with Gasteiger partial charge in [-0.25, -0.2) is 8.42 Å². The van der Waals surface area contributed by atoms with Gasteiger partial charge in [-0.1, -0.05) is 25.1 Å². The first-order chi connectivity index (χ1) is 13.3. The molecule has 2 aromatic carbocycles. The summed E-state index contributed by atoms with van der Waals surface area (Å²) in [6.07, 6.45) is 1.69. The van der Waals surface area contributed by atoms with Crippen LogP contribution in [0, 0.1) is 5.92 Å². The lowest BCUT2D eigenvalue weighted by Gasteiger charge is -2.29. The zero-order chi connectivity index (χ0) is 20.3. The standard InChI is InChI=1S/C21H26N2O4S/c1-16-11-13-23(14-12-16)28(25,26)18-9-10-20(27-3)19(15-18)21(24)22(2)17-7-5-4-6-8-17/h4-10,15-16H,11-14H2,1-3H3. The maximum absolute atomic E-state index is 13.1. The summed E-state index contributed by atoms with van der Waals surface area (Å²) in [5.41, 5.74) is 0.938. The molecule has 0 saturated carbocycles. The van der Waals surface area contributed by atoms with E-state index in [2.05, 4.69) is 6.92 Å². The van der Waals surface area contributed by atoms with Gasteiger partial charge in [0.25, 0.3) is 5.91 Å². The third-order valence-electron chi connectivity index (χ3n) is 5.23. The van der Waals surface area contributed by atoms with Gasteiger partial charge in [-0.2, -0.15) is 4.31 Å². The fourth-order valence-electron chi connectivity index (χ4n) is 3.34. The van der Waals surface area contributed by atoms with Gasteiger partial charge >= 0.3 is 0 Å². The van der Waals surface area contributed by atoms with Crippen LogP contribution in [0.2, 0.25) is 0 Å². The average Bonchev–Trinajstić information content (AvgIpc) is 2.73. The van der Waals surface area contributed by atoms with E-state index in [0.717, 1.165) is 12.8 Å². The highest BCUT2D eigenvalue weighted by molar-refractivity contribution is 7.89. The molecule has 0 aromatic heterocycles. The molecule has 1 amide bonds. The molecule has 3 rings (SSSR count). The minimum Gasteiger partial charge on any atom is -0.496 e. The number of rotatable bonds is 5. The summed E-state index contributed by atoms with van der Waals surface area (Å²) in [6, 6.07) is 13.7. The molecular formula is C21H26N2O4S. The van der Waals surface area contributed by atoms with E-state index in [1.165, 1.54) is 28.4 Å². The van der Waals surface area contributed by atoms with Crippen LogP contribution in [0.3, 0.4) is 0 Å². The molecule has 1 heterocycles. The molecule has 2 aromatic rings. The molecule has 1 aliphatic heterocycles. The molecule has 1 saturated heterocycles. The summed E-state index contributed by atoms with van der Waals surface area (Å²) in [5.74, 6) is 0.547. The second-order valence-corrected chi connectivity index (χ2v) is 9.09. The molecule has 0 spiro atoms. The third-order valence-corrected chi connectivity index (χ3v) is 7.12. The van der Waals surface area contributed by atoms with Gasteiger partial charge in [-0.3, -0.25) is 4.79 Å². The Bertz CT molecular complexity index is 936. The molecule has 0 N–H and O–H groups in total. The molecule has 0 aliphatic carbocycles. The van der Waals surface area contributed by atoms with Gasteiger partial charge in [0.2, 0.25) is 10.0 Å². The SMILES string of the molecule is COc1ccc(S(=O)(=O)N2CCC(C)CC2)cc1C(=O)N(C)c1ccccc1. The number of anilines is 1. The summed E-state index contributed by atoms with van der Waals surface area (Å²) >= 11 is 0. The highest BCUT2D eigenvalue weighted by atomic mass is 32.2. The van der Waals surface area contributed by atoms with Crippen molar-refractivity contribution in [1.82, 2.24) is 4.31 Å². The first-order valence-electron chi connectivity index (χ1n) is 9.36. The Labute approximate surface area is 166 Å². The maximum atomic E-state index is 13.1. The minimum absolute atomic E-state index is 0.118. The monoisotopic (exact) mass is 402 g/mol. The van der Waals surface area contributed by atoms with Gasteiger partial charge in [-0.15, -0.1) is 0 Å². The van der Waals surface area contributed by atoms with Crippen molar-refractivity contribution in [1.29, 1.82) is 0 Å². The Hall–Kier alpha value is -2.38. The van der Waals surface area contributed by atoms with Crippen molar-refractivity contribution in [2.45, 2.75) is 24.7 Å². The zero-order valence-corrected chi connectivity index (χ0v) is 17.3. The summed E-state index contributed by atoms with van der Waals surface area (Å²) in [5, 5.41) is 0. The van der Waals surface area contributed by atoms with Crippen molar-refractivity contribution in [3.8, 4) is 5.75 Å². The smallest absolute Gasteiger partial charge is 0.261 e. The van der Waals surface area contributed by atoms with Crippen LogP contribution in [-0.2, 0) is 10.0 Å². The second kappa shape index (κ2) is 8.32. The van der Waals surface area contributed by atoms with Crippen molar-refractivity contribution >= 4 is 21.6 Å². The average molecular weight is 403 g/mol. The number of carbonyl (C=O) groups excluding carboxylic acids is 1. The van der Waals surface area contributed by atoms with Crippen LogP contribution >= 0.6 is 0 Å². The number of sulfonamides is 1. The Morgan fingerprint density at radius 2 is 1.75 bits per heavy atom. The van der Waals surface area contributed by atoms with Crippen LogP contribution in [-0.4, -0.2) is 45.9 Å². The van der Waals surface area contributed by atoms with E-state index >= 15 is 0 Å². The van der Waals surface area contributed by atoms with Gasteiger partial charge < -0.3 is 9.64 Å². The molecule has 1 aliphatic rings. The van der Waals surface area contributed by atoms with Gasteiger partial charge in [0, 0.05) is 25.8 Å². The van der Waals surface area contributed by atoms with Crippen molar-refractivity contribution < 1.29 is 17.9 Å². The van der Waals surface area contributed by atoms with Crippen LogP contribution in [0.5, 0.6) is 5.75 Å². The molecule has 0 bridgehead atoms. The molecule has 0 radical (unpaired) electrons. The van der Waals surface area contributed by atoms with E-state index in [1.807, 2.05) is 30.3 Å². The highest BCUT2D eigenvalue weighted by Gasteiger charge is 2.30. The number of hydrogen-bond donors (Lipinski definition) is 0. The number of nitrogens with zero attached hydrogens (tertiary/aromatic N) is 2. The van der Waals surface area contributed by atoms with Crippen molar-refractivity contribution in [3.05, 3.63) is 54.1 Å². The number of para-hydroxylation sites is 1. The highest BCUT2D eigenvalue weighted by Crippen LogP contribution is 2.29. The lowest BCUT2D eigenvalue weighted by molar-refractivity contribution is 0.0990. The lowest BCUT2D eigenvalue weighted by atomic mass is 10.0. The minimum atomic E-state index is -3.65. The molecule has 28 heavy (non-hydrogen) atoms. The largest absolute Gasteiger partial charge is 0.496 e. The molecule has 1 fully saturated rings. The maximum Gasteiger partial charge on any atom is 0.261 e. The summed E-state index contributed by atoms with van der Waals surface area (Å²) in [7, 11) is -0.526. The molecule has 6 nitrogen and oxygen atoms in total. The van der Waals surface area contributed by atoms with Crippen LogP contribution in [0.15, 0.2) is 53.4 Å². The molecule has 0 atom stereocenters. The number of ether oxygens (including phenoxy) is 1. The summed E-state index contributed by atoms with van der Waals surface area (Å²) in [6.45, 7) is 3.14. The van der Waals surface area contributed by atoms with Gasteiger partial charge in [0.15, 0.2) is 0 Å². The Kier molecular flexibility index (Phi) is 6.05. The number of piperidine rings is 1. The number of carbonyl (C=O) groups is 1. The van der Waals surface area contributed by atoms with Crippen LogP contribution in [0.25, 0.3) is 0 Å². The fraction of sp³-hybridized carbons (Fsp3) is 0.381. The lowest BCUT2D eigenvalue weighted by Crippen LogP contribution is -2.38. The second-order valence-electron chi connectivity index (χ2n) is 7.15. The van der Waals surface area contributed by atoms with E-state index < -0.39 is 10.0 Å². The van der Waals surface area contributed by atoms with Gasteiger partial charge in [0.05, 0.1) is 17.6 Å². The van der Waals surface area contributed by atoms with Crippen molar-refractivity contribution in [2.24, 2.45) is 5.92 Å². The van der Waals surface area contributed by atoms with Crippen LogP contribution in [0.1, 0.15) is 30.1 Å². The van der Waals surface area contributed by atoms with Crippen LogP contribution < -0.4 is 9.64 Å². The first-order valence-corrected chi connectivity index (χ1v) is 10.8. The van der Waals surface area contributed by atoms with E-state index in [9.17, 15) is 13.2 Å². The Balaban J connectivity index is 1.95. The Morgan fingerprint density at radius 3 is 2.36 bits per heavy atom. The number of benzene rings is 2. The normalized spacial score (nSPS) is 16.0. The van der Waals surface area contributed by atoms with Gasteiger partial charge in [0.1, 0.15) is 5.75 Å². The first kappa shape index (κ1) is 20.4. The van der Waals surface area contributed by atoms with E-state index in [-0.39, 0.29) is 16.4 Å². The Morgan fingerprint density at radius 1 is 1.11 bits per heavy atom. The molecular weight excluding hydrogens is 376 g/mol. The van der Waals surface area contributed by atoms with E-state index in [1.54, 1.807) is 13.1 Å².